The van der Waals surface area contributed by atoms with E-state index in [0.29, 0.717) is 77.4 Å². The van der Waals surface area contributed by atoms with Crippen molar-refractivity contribution < 1.29 is 133 Å². The molecular formula is C60H113N7O27. The van der Waals surface area contributed by atoms with Gasteiger partial charge in [-0.05, 0) is 85.5 Å². The lowest BCUT2D eigenvalue weighted by molar-refractivity contribution is -0.301. The number of ether oxygens (including phenoxy) is 9. The largest absolute Gasteiger partial charge is 0.394 e. The normalized spacial score (nSPS) is 23.5. The smallest absolute Gasteiger partial charge is 0.222 e. The molecule has 2 rings (SSSR count). The van der Waals surface area contributed by atoms with Gasteiger partial charge in [0.15, 0.2) is 18.9 Å². The second-order valence-electron chi connectivity index (χ2n) is 24.3. The number of amides is 6. The first-order valence-corrected chi connectivity index (χ1v) is 32.6. The number of carbonyl (C=O) groups excluding carboxylic acids is 6. The molecule has 2 aliphatic heterocycles. The van der Waals surface area contributed by atoms with Crippen LogP contribution in [0.15, 0.2) is 0 Å². The highest BCUT2D eigenvalue weighted by atomic mass is 16.7. The van der Waals surface area contributed by atoms with Crippen LogP contribution in [-0.2, 0) is 71.4 Å². The molecule has 94 heavy (non-hydrogen) atoms. The third-order valence-electron chi connectivity index (χ3n) is 14.7. The van der Waals surface area contributed by atoms with Crippen molar-refractivity contribution in [2.45, 2.75) is 221 Å². The van der Waals surface area contributed by atoms with Crippen LogP contribution in [-0.4, -0.2) is 319 Å². The zero-order valence-electron chi connectivity index (χ0n) is 55.1. The summed E-state index contributed by atoms with van der Waals surface area (Å²) in [4.78, 5) is 75.7. The van der Waals surface area contributed by atoms with Crippen LogP contribution in [0.3, 0.4) is 0 Å². The molecule has 550 valence electrons. The lowest BCUT2D eigenvalue weighted by Crippen LogP contribution is -2.62. The van der Waals surface area contributed by atoms with Crippen LogP contribution in [0.25, 0.3) is 0 Å². The molecule has 0 spiro atoms. The van der Waals surface area contributed by atoms with Gasteiger partial charge >= 0.3 is 0 Å². The summed E-state index contributed by atoms with van der Waals surface area (Å²) in [7, 11) is 0. The van der Waals surface area contributed by atoms with Gasteiger partial charge < -0.3 is 141 Å². The lowest BCUT2D eigenvalue weighted by atomic mass is 9.97. The Morgan fingerprint density at radius 3 is 1.09 bits per heavy atom. The Morgan fingerprint density at radius 1 is 0.436 bits per heavy atom. The molecule has 0 aromatic carbocycles. The fraction of sp³-hybridized carbons (Fsp3) is 0.900. The van der Waals surface area contributed by atoms with E-state index in [1.807, 2.05) is 20.8 Å². The van der Waals surface area contributed by atoms with Crippen molar-refractivity contribution in [1.29, 1.82) is 0 Å². The zero-order chi connectivity index (χ0) is 69.9. The van der Waals surface area contributed by atoms with Crippen LogP contribution in [0, 0.1) is 0 Å². The third kappa shape index (κ3) is 37.1. The number of aliphatic hydroxyl groups excluding tert-OH is 12. The summed E-state index contributed by atoms with van der Waals surface area (Å²) in [6.07, 6.45) is -14.2. The maximum Gasteiger partial charge on any atom is 0.222 e. The van der Waals surface area contributed by atoms with E-state index in [4.69, 9.17) is 42.6 Å². The summed E-state index contributed by atoms with van der Waals surface area (Å²) < 4.78 is 50.6. The van der Waals surface area contributed by atoms with Gasteiger partial charge in [-0.3, -0.25) is 28.8 Å². The molecule has 0 aromatic heterocycles. The molecule has 0 aliphatic carbocycles. The van der Waals surface area contributed by atoms with Gasteiger partial charge in [0.1, 0.15) is 61.0 Å². The Labute approximate surface area is 550 Å². The lowest BCUT2D eigenvalue weighted by Gasteiger charge is -2.40. The molecule has 0 aromatic rings. The summed E-state index contributed by atoms with van der Waals surface area (Å²) >= 11 is 0. The number of nitrogens with one attached hydrogen (secondary N) is 7. The summed E-state index contributed by atoms with van der Waals surface area (Å²) in [6.45, 7) is 6.77. The van der Waals surface area contributed by atoms with Crippen LogP contribution in [0.5, 0.6) is 0 Å². The molecule has 19 N–H and O–H groups in total. The Hall–Kier alpha value is -4.06. The van der Waals surface area contributed by atoms with E-state index in [9.17, 15) is 90.0 Å². The van der Waals surface area contributed by atoms with Crippen molar-refractivity contribution >= 4 is 35.4 Å². The Bertz CT molecular complexity index is 1980. The summed E-state index contributed by atoms with van der Waals surface area (Å²) in [6, 6.07) is 0. The minimum Gasteiger partial charge on any atom is -0.394 e. The summed E-state index contributed by atoms with van der Waals surface area (Å²) in [5.41, 5.74) is -1.58. The first-order valence-electron chi connectivity index (χ1n) is 32.6. The van der Waals surface area contributed by atoms with Gasteiger partial charge in [0.05, 0.1) is 77.7 Å². The molecule has 6 amide bonds. The van der Waals surface area contributed by atoms with Gasteiger partial charge in [-0.1, -0.05) is 0 Å². The van der Waals surface area contributed by atoms with Crippen LogP contribution in [0.1, 0.15) is 124 Å². The predicted octanol–water partition coefficient (Wildman–Crippen LogP) is -6.20. The Morgan fingerprint density at radius 2 is 0.777 bits per heavy atom. The van der Waals surface area contributed by atoms with Gasteiger partial charge in [-0.2, -0.15) is 0 Å². The standard InChI is InChI=1S/C60H113N7O27/c1-39(72)41(33-69)92-56(40(73)32-68)89-26-8-5-14-44(74)61-20-11-23-64-47(77)17-29-86-36-60(67-59(2,3)4,37-87-30-18-48(78)65-24-12-21-62-45(75)15-6-9-27-90-57-54(84)52(82)50(80)42(34-70)93-57)38-88-31-19-49(79)66-25-13-22-63-46(76)16-7-10-28-91-58-55(85)53(83)51(81)43(35-71)94-58/h39-43,50-58,67-73,80-85H,5-38H2,1-4H3,(H,61,74)(H,62,75)(H,63,76)(H,64,77)(H,65,78)(H,66,79)/t39-,40+,41?,42?,43?,50?,51?,52?,53?,54?,55?,56?,57?,58?,60?/m0/s1. The predicted molar refractivity (Wildman–Crippen MR) is 331 cm³/mol. The summed E-state index contributed by atoms with van der Waals surface area (Å²) in [5, 5.41) is 137. The number of hydrogen-bond donors (Lipinski definition) is 19. The zero-order valence-corrected chi connectivity index (χ0v) is 55.1. The molecule has 2 saturated heterocycles. The van der Waals surface area contributed by atoms with Crippen molar-refractivity contribution in [2.24, 2.45) is 0 Å². The van der Waals surface area contributed by atoms with Crippen LogP contribution >= 0.6 is 0 Å². The molecule has 34 nitrogen and oxygen atoms in total. The average Bonchev–Trinajstić information content (AvgIpc) is 0.912. The quantitative estimate of drug-likeness (QED) is 0.0199. The molecule has 2 fully saturated rings. The van der Waals surface area contributed by atoms with Crippen molar-refractivity contribution in [3.8, 4) is 0 Å². The van der Waals surface area contributed by atoms with Gasteiger partial charge in [-0.15, -0.1) is 0 Å². The second kappa shape index (κ2) is 49.4. The topological polar surface area (TPSA) is 512 Å². The third-order valence-corrected chi connectivity index (χ3v) is 14.7. The van der Waals surface area contributed by atoms with Crippen LogP contribution in [0.2, 0.25) is 0 Å². The second-order valence-corrected chi connectivity index (χ2v) is 24.3. The fourth-order valence-electron chi connectivity index (χ4n) is 9.47. The van der Waals surface area contributed by atoms with Crippen molar-refractivity contribution in [1.82, 2.24) is 37.2 Å². The van der Waals surface area contributed by atoms with E-state index < -0.39 is 124 Å². The van der Waals surface area contributed by atoms with E-state index in [-0.39, 0.29) is 153 Å². The molecular weight excluding hydrogens is 1250 g/mol. The van der Waals surface area contributed by atoms with Crippen molar-refractivity contribution in [3.63, 3.8) is 0 Å². The number of aliphatic hydroxyl groups is 12. The minimum absolute atomic E-state index is 0.00328. The van der Waals surface area contributed by atoms with Gasteiger partial charge in [0.25, 0.3) is 0 Å². The minimum atomic E-state index is -1.55. The fourth-order valence-corrected chi connectivity index (χ4v) is 9.47. The molecule has 12 unspecified atom stereocenters. The molecule has 0 saturated carbocycles. The van der Waals surface area contributed by atoms with E-state index in [2.05, 4.69) is 37.2 Å². The van der Waals surface area contributed by atoms with Gasteiger partial charge in [0.2, 0.25) is 35.4 Å². The number of rotatable bonds is 54. The van der Waals surface area contributed by atoms with E-state index >= 15 is 0 Å². The van der Waals surface area contributed by atoms with Crippen molar-refractivity contribution in [3.05, 3.63) is 0 Å². The highest BCUT2D eigenvalue weighted by molar-refractivity contribution is 5.78. The summed E-state index contributed by atoms with van der Waals surface area (Å²) in [5.74, 6) is -1.54. The highest BCUT2D eigenvalue weighted by Gasteiger charge is 2.45. The van der Waals surface area contributed by atoms with Crippen LogP contribution < -0.4 is 37.2 Å². The molecule has 14 atom stereocenters. The SMILES string of the molecule is C[C@H](O)C(CO)OC(OCCCCC(=O)NCCCNC(=O)CCOCC(COCCC(=O)NCCCNC(=O)CCCCOC1OC(CO)C(O)C(O)C1O)(COCCC(=O)NCCCNC(=O)CCCCOC1OC(CO)C(O)C(O)C1O)NC(C)(C)C)[C@H](O)CO. The molecule has 0 bridgehead atoms. The molecule has 34 heteroatoms. The first kappa shape index (κ1) is 86.0. The van der Waals surface area contributed by atoms with E-state index in [1.54, 1.807) is 0 Å². The van der Waals surface area contributed by atoms with Gasteiger partial charge in [0, 0.05) is 103 Å². The number of unbranched alkanes of at least 4 members (excludes halogenated alkanes) is 3. The first-order chi connectivity index (χ1) is 44.8. The average molecular weight is 1360 g/mol. The molecule has 2 heterocycles. The van der Waals surface area contributed by atoms with Crippen molar-refractivity contribution in [2.75, 3.05) is 125 Å². The maximum absolute atomic E-state index is 12.8. The van der Waals surface area contributed by atoms with E-state index in [0.717, 1.165) is 0 Å². The maximum atomic E-state index is 12.8. The van der Waals surface area contributed by atoms with Crippen LogP contribution in [0.4, 0.5) is 0 Å². The molecule has 2 aliphatic rings. The Kier molecular flexibility index (Phi) is 45.3. The van der Waals surface area contributed by atoms with Gasteiger partial charge in [-0.25, -0.2) is 0 Å². The number of hydrogen-bond acceptors (Lipinski definition) is 28. The van der Waals surface area contributed by atoms with E-state index in [1.165, 1.54) is 6.92 Å². The number of carbonyl (C=O) groups is 6. The monoisotopic (exact) mass is 1360 g/mol. The highest BCUT2D eigenvalue weighted by Crippen LogP contribution is 2.24. The Balaban J connectivity index is 1.81. The molecule has 0 radical (unpaired) electrons.